The van der Waals surface area contributed by atoms with Gasteiger partial charge in [-0.25, -0.2) is 0 Å². The minimum absolute atomic E-state index is 0.0266. The van der Waals surface area contributed by atoms with Crippen LogP contribution in [0.25, 0.3) is 5.70 Å². The van der Waals surface area contributed by atoms with Crippen LogP contribution in [0, 0.1) is 0 Å². The first-order valence-corrected chi connectivity index (χ1v) is 7.97. The number of hydrogen-bond donors (Lipinski definition) is 1. The van der Waals surface area contributed by atoms with Crippen molar-refractivity contribution in [2.75, 3.05) is 7.11 Å². The van der Waals surface area contributed by atoms with E-state index >= 15 is 0 Å². The first kappa shape index (κ1) is 14.2. The number of rotatable bonds is 3. The Labute approximate surface area is 136 Å². The molecule has 2 aliphatic rings. The van der Waals surface area contributed by atoms with Crippen LogP contribution in [0.4, 0.5) is 0 Å². The topological polar surface area (TPSA) is 33.7 Å². The van der Waals surface area contributed by atoms with Gasteiger partial charge in [0.2, 0.25) is 0 Å². The van der Waals surface area contributed by atoms with Crippen LogP contribution >= 0.6 is 0 Å². The summed E-state index contributed by atoms with van der Waals surface area (Å²) >= 11 is 0. The normalized spacial score (nSPS) is 22.4. The predicted octanol–water partition coefficient (Wildman–Crippen LogP) is 3.73. The summed E-state index contributed by atoms with van der Waals surface area (Å²) in [5.41, 5.74) is 6.95. The molecule has 2 heterocycles. The largest absolute Gasteiger partial charge is 0.493 e. The number of methoxy groups -OCH3 is 1. The molecule has 4 heteroatoms. The molecule has 0 amide bonds. The standard InChI is InChI=1S/C19H20N2O2/c1-3-18-21-16(12-15(20-21)13-8-5-4-6-9-13)14-10-7-11-17(22-2)19(14)23-18/h4-12,16,18,20H,3H2,1-2H3/t16-,18-/m1/s1. The fourth-order valence-corrected chi connectivity index (χ4v) is 3.28. The van der Waals surface area contributed by atoms with E-state index in [2.05, 4.69) is 53.8 Å². The molecular weight excluding hydrogens is 288 g/mol. The summed E-state index contributed by atoms with van der Waals surface area (Å²) in [7, 11) is 1.68. The molecule has 23 heavy (non-hydrogen) atoms. The van der Waals surface area contributed by atoms with Gasteiger partial charge >= 0.3 is 0 Å². The maximum absolute atomic E-state index is 6.21. The van der Waals surface area contributed by atoms with Crippen LogP contribution in [-0.2, 0) is 0 Å². The van der Waals surface area contributed by atoms with Gasteiger partial charge in [-0.3, -0.25) is 0 Å². The highest BCUT2D eigenvalue weighted by atomic mass is 16.5. The number of hydrogen-bond acceptors (Lipinski definition) is 4. The van der Waals surface area contributed by atoms with Crippen molar-refractivity contribution in [3.8, 4) is 11.5 Å². The Morgan fingerprint density at radius 3 is 2.70 bits per heavy atom. The smallest absolute Gasteiger partial charge is 0.169 e. The number of nitrogens with zero attached hydrogens (tertiary/aromatic N) is 1. The van der Waals surface area contributed by atoms with Gasteiger partial charge in [0.1, 0.15) is 0 Å². The van der Waals surface area contributed by atoms with Gasteiger partial charge in [0.15, 0.2) is 17.7 Å². The Hall–Kier alpha value is -2.46. The summed E-state index contributed by atoms with van der Waals surface area (Å²) in [5, 5.41) is 2.18. The minimum Gasteiger partial charge on any atom is -0.493 e. The first-order chi connectivity index (χ1) is 11.3. The van der Waals surface area contributed by atoms with Crippen LogP contribution in [0.3, 0.4) is 0 Å². The number of benzene rings is 2. The van der Waals surface area contributed by atoms with Crippen molar-refractivity contribution in [2.24, 2.45) is 0 Å². The van der Waals surface area contributed by atoms with E-state index in [0.717, 1.165) is 29.2 Å². The maximum atomic E-state index is 6.21. The molecule has 0 spiro atoms. The van der Waals surface area contributed by atoms with Gasteiger partial charge in [0.25, 0.3) is 0 Å². The molecular formula is C19H20N2O2. The van der Waals surface area contributed by atoms with Crippen molar-refractivity contribution < 1.29 is 9.47 Å². The first-order valence-electron chi connectivity index (χ1n) is 7.97. The highest BCUT2D eigenvalue weighted by Crippen LogP contribution is 2.45. The van der Waals surface area contributed by atoms with Crippen LogP contribution in [0.1, 0.15) is 30.5 Å². The van der Waals surface area contributed by atoms with Gasteiger partial charge < -0.3 is 14.9 Å². The quantitative estimate of drug-likeness (QED) is 0.937. The second-order valence-electron chi connectivity index (χ2n) is 5.77. The maximum Gasteiger partial charge on any atom is 0.169 e. The zero-order valence-corrected chi connectivity index (χ0v) is 13.3. The molecule has 0 fully saturated rings. The van der Waals surface area contributed by atoms with Crippen molar-refractivity contribution >= 4 is 5.70 Å². The van der Waals surface area contributed by atoms with Crippen LogP contribution in [0.2, 0.25) is 0 Å². The molecule has 2 atom stereocenters. The molecule has 1 N–H and O–H groups in total. The van der Waals surface area contributed by atoms with E-state index in [1.165, 1.54) is 5.56 Å². The molecule has 0 unspecified atom stereocenters. The van der Waals surface area contributed by atoms with E-state index in [-0.39, 0.29) is 12.3 Å². The molecule has 0 aromatic heterocycles. The molecule has 118 valence electrons. The molecule has 4 nitrogen and oxygen atoms in total. The molecule has 0 bridgehead atoms. The Morgan fingerprint density at radius 2 is 1.96 bits per heavy atom. The summed E-state index contributed by atoms with van der Waals surface area (Å²) in [6.07, 6.45) is 3.12. The summed E-state index contributed by atoms with van der Waals surface area (Å²) in [6, 6.07) is 16.6. The van der Waals surface area contributed by atoms with E-state index in [1.807, 2.05) is 18.2 Å². The fraction of sp³-hybridized carbons (Fsp3) is 0.263. The van der Waals surface area contributed by atoms with Gasteiger partial charge in [-0.1, -0.05) is 49.4 Å². The zero-order valence-electron chi connectivity index (χ0n) is 13.3. The second kappa shape index (κ2) is 5.63. The molecule has 2 aromatic carbocycles. The molecule has 2 aromatic rings. The highest BCUT2D eigenvalue weighted by Gasteiger charge is 2.39. The fourth-order valence-electron chi connectivity index (χ4n) is 3.28. The summed E-state index contributed by atoms with van der Waals surface area (Å²) in [6.45, 7) is 2.13. The van der Waals surface area contributed by atoms with Gasteiger partial charge in [-0.05, 0) is 24.1 Å². The number of hydrazine groups is 1. The van der Waals surface area contributed by atoms with E-state index in [4.69, 9.17) is 9.47 Å². The molecule has 4 rings (SSSR count). The third-order valence-electron chi connectivity index (χ3n) is 4.42. The van der Waals surface area contributed by atoms with Crippen LogP contribution in [0.15, 0.2) is 54.6 Å². The van der Waals surface area contributed by atoms with E-state index in [1.54, 1.807) is 7.11 Å². The third-order valence-corrected chi connectivity index (χ3v) is 4.42. The lowest BCUT2D eigenvalue weighted by Crippen LogP contribution is -2.48. The second-order valence-corrected chi connectivity index (χ2v) is 5.77. The molecule has 0 aliphatic carbocycles. The average molecular weight is 308 g/mol. The Balaban J connectivity index is 1.79. The van der Waals surface area contributed by atoms with Crippen LogP contribution in [0.5, 0.6) is 11.5 Å². The van der Waals surface area contributed by atoms with Crippen molar-refractivity contribution in [3.05, 3.63) is 65.7 Å². The van der Waals surface area contributed by atoms with E-state index < -0.39 is 0 Å². The Bertz CT molecular complexity index is 742. The number of nitrogens with one attached hydrogen (secondary N) is 1. The Morgan fingerprint density at radius 1 is 1.13 bits per heavy atom. The van der Waals surface area contributed by atoms with Crippen molar-refractivity contribution in [1.29, 1.82) is 0 Å². The van der Waals surface area contributed by atoms with Crippen molar-refractivity contribution in [2.45, 2.75) is 25.6 Å². The van der Waals surface area contributed by atoms with E-state index in [0.29, 0.717) is 0 Å². The lowest BCUT2D eigenvalue weighted by Gasteiger charge is -2.38. The van der Waals surface area contributed by atoms with Gasteiger partial charge in [-0.15, -0.1) is 0 Å². The SMILES string of the molecule is CC[C@H]1Oc2c(OC)cccc2[C@H]2C=C(c3ccccc3)NN21. The molecule has 0 saturated heterocycles. The van der Waals surface area contributed by atoms with Crippen molar-refractivity contribution in [3.63, 3.8) is 0 Å². The third kappa shape index (κ3) is 2.26. The van der Waals surface area contributed by atoms with Gasteiger partial charge in [0.05, 0.1) is 18.8 Å². The lowest BCUT2D eigenvalue weighted by molar-refractivity contribution is -0.0336. The summed E-state index contributed by atoms with van der Waals surface area (Å²) in [4.78, 5) is 0. The summed E-state index contributed by atoms with van der Waals surface area (Å²) in [5.74, 6) is 1.65. The van der Waals surface area contributed by atoms with Gasteiger partial charge in [0, 0.05) is 5.56 Å². The number of fused-ring (bicyclic) bond motifs is 3. The molecule has 0 radical (unpaired) electrons. The highest BCUT2D eigenvalue weighted by molar-refractivity contribution is 5.67. The van der Waals surface area contributed by atoms with E-state index in [9.17, 15) is 0 Å². The number of ether oxygens (including phenoxy) is 2. The Kier molecular flexibility index (Phi) is 3.46. The summed E-state index contributed by atoms with van der Waals surface area (Å²) < 4.78 is 11.7. The lowest BCUT2D eigenvalue weighted by atomic mass is 10.0. The molecule has 2 aliphatic heterocycles. The van der Waals surface area contributed by atoms with Crippen LogP contribution in [-0.4, -0.2) is 18.3 Å². The predicted molar refractivity (Wildman–Crippen MR) is 89.8 cm³/mol. The minimum atomic E-state index is -0.0266. The van der Waals surface area contributed by atoms with Gasteiger partial charge in [-0.2, -0.15) is 5.01 Å². The average Bonchev–Trinajstić information content (AvgIpc) is 3.07. The number of para-hydroxylation sites is 1. The van der Waals surface area contributed by atoms with Crippen LogP contribution < -0.4 is 14.9 Å². The monoisotopic (exact) mass is 308 g/mol. The molecule has 0 saturated carbocycles. The van der Waals surface area contributed by atoms with Crippen molar-refractivity contribution in [1.82, 2.24) is 10.4 Å². The zero-order chi connectivity index (χ0) is 15.8.